The van der Waals surface area contributed by atoms with Crippen molar-refractivity contribution in [3.8, 4) is 11.5 Å². The van der Waals surface area contributed by atoms with Crippen LogP contribution in [-0.2, 0) is 30.9 Å². The van der Waals surface area contributed by atoms with Gasteiger partial charge in [-0.25, -0.2) is 0 Å². The second kappa shape index (κ2) is 19.5. The monoisotopic (exact) mass is 669 g/mol. The summed E-state index contributed by atoms with van der Waals surface area (Å²) in [5.41, 5.74) is 4.81. The van der Waals surface area contributed by atoms with Crippen LogP contribution in [-0.4, -0.2) is 25.0 Å². The van der Waals surface area contributed by atoms with Crippen molar-refractivity contribution in [3.63, 3.8) is 0 Å². The van der Waals surface area contributed by atoms with E-state index >= 15 is 0 Å². The maximum Gasteiger partial charge on any atom is 0.180 e. The number of ketones is 1. The van der Waals surface area contributed by atoms with Crippen molar-refractivity contribution in [2.45, 2.75) is 71.8 Å². The lowest BCUT2D eigenvalue weighted by molar-refractivity contribution is 0.0831. The molecular formula is C45H51NO4. The zero-order chi connectivity index (χ0) is 34.9. The largest absolute Gasteiger partial charge is 0.489 e. The molecule has 0 saturated heterocycles. The van der Waals surface area contributed by atoms with Crippen molar-refractivity contribution < 1.29 is 19.0 Å². The van der Waals surface area contributed by atoms with Gasteiger partial charge in [0, 0.05) is 24.8 Å². The van der Waals surface area contributed by atoms with Crippen molar-refractivity contribution in [2.24, 2.45) is 5.41 Å². The molecule has 5 aromatic rings. The summed E-state index contributed by atoms with van der Waals surface area (Å²) >= 11 is 0. The maximum atomic E-state index is 14.6. The molecule has 0 aliphatic heterocycles. The number of nitrogens with one attached hydrogen (secondary N) is 1. The van der Waals surface area contributed by atoms with Crippen LogP contribution < -0.4 is 14.8 Å². The van der Waals surface area contributed by atoms with Crippen LogP contribution in [0.2, 0.25) is 0 Å². The van der Waals surface area contributed by atoms with Gasteiger partial charge in [0.25, 0.3) is 0 Å². The van der Waals surface area contributed by atoms with Gasteiger partial charge in [0.1, 0.15) is 24.7 Å². The van der Waals surface area contributed by atoms with E-state index in [2.05, 4.69) is 55.6 Å². The highest BCUT2D eigenvalue weighted by Crippen LogP contribution is 2.33. The first-order valence-electron chi connectivity index (χ1n) is 17.9. The quantitative estimate of drug-likeness (QED) is 0.0623. The molecule has 0 fully saturated rings. The third kappa shape index (κ3) is 12.0. The Balaban J connectivity index is 1.27. The standard InChI is InChI=1S/C45H51NO4/c1-45(2,27-16-7-17-28-48-29-26-36-18-8-3-9-19-36)44(46-33-37-20-10-4-11-21-37)43(47)40-30-41(49-34-38-22-12-5-13-23-38)32-42(31-40)50-35-39-24-14-6-15-25-39/h3-6,8-15,18-25,30-32,44,46H,7,16-17,26-29,33-35H2,1-2H3. The number of ether oxygens (including phenoxy) is 3. The van der Waals surface area contributed by atoms with Gasteiger partial charge < -0.3 is 19.5 Å². The van der Waals surface area contributed by atoms with Crippen molar-refractivity contribution in [1.82, 2.24) is 5.32 Å². The minimum absolute atomic E-state index is 0.0323. The number of carbonyl (C=O) groups excluding carboxylic acids is 1. The molecule has 1 atom stereocenters. The normalized spacial score (nSPS) is 12.0. The van der Waals surface area contributed by atoms with Crippen molar-refractivity contribution >= 4 is 5.78 Å². The molecule has 0 radical (unpaired) electrons. The third-order valence-corrected chi connectivity index (χ3v) is 9.05. The van der Waals surface area contributed by atoms with Gasteiger partial charge >= 0.3 is 0 Å². The fourth-order valence-electron chi connectivity index (χ4n) is 6.11. The van der Waals surface area contributed by atoms with Gasteiger partial charge in [-0.15, -0.1) is 0 Å². The molecule has 50 heavy (non-hydrogen) atoms. The molecule has 0 bridgehead atoms. The van der Waals surface area contributed by atoms with Gasteiger partial charge in [0.05, 0.1) is 12.6 Å². The van der Waals surface area contributed by atoms with Crippen LogP contribution in [0, 0.1) is 5.41 Å². The highest BCUT2D eigenvalue weighted by molar-refractivity contribution is 6.01. The Bertz CT molecular complexity index is 1630. The molecule has 0 amide bonds. The number of rotatable bonds is 21. The molecule has 5 rings (SSSR count). The van der Waals surface area contributed by atoms with Gasteiger partial charge in [0.15, 0.2) is 5.78 Å². The van der Waals surface area contributed by atoms with E-state index in [1.807, 2.05) is 103 Å². The number of benzene rings is 5. The molecule has 0 saturated carbocycles. The summed E-state index contributed by atoms with van der Waals surface area (Å²) in [5.74, 6) is 1.24. The molecular weight excluding hydrogens is 618 g/mol. The summed E-state index contributed by atoms with van der Waals surface area (Å²) in [5, 5.41) is 3.66. The molecule has 0 aromatic heterocycles. The Morgan fingerprint density at radius 1 is 0.600 bits per heavy atom. The van der Waals surface area contributed by atoms with Crippen LogP contribution >= 0.6 is 0 Å². The van der Waals surface area contributed by atoms with E-state index in [-0.39, 0.29) is 11.2 Å². The van der Waals surface area contributed by atoms with Crippen LogP contribution in [0.1, 0.15) is 72.1 Å². The summed E-state index contributed by atoms with van der Waals surface area (Å²) in [7, 11) is 0. The number of unbranched alkanes of at least 4 members (excludes halogenated alkanes) is 2. The summed E-state index contributed by atoms with van der Waals surface area (Å²) in [6, 6.07) is 46.0. The van der Waals surface area contributed by atoms with E-state index in [9.17, 15) is 4.79 Å². The maximum absolute atomic E-state index is 14.6. The first kappa shape index (κ1) is 36.6. The van der Waals surface area contributed by atoms with Crippen molar-refractivity contribution in [1.29, 1.82) is 0 Å². The van der Waals surface area contributed by atoms with Crippen LogP contribution in [0.15, 0.2) is 140 Å². The predicted molar refractivity (Wildman–Crippen MR) is 203 cm³/mol. The van der Waals surface area contributed by atoms with E-state index in [1.165, 1.54) is 5.56 Å². The Kier molecular flexibility index (Phi) is 14.2. The summed E-state index contributed by atoms with van der Waals surface area (Å²) in [6.45, 7) is 7.28. The van der Waals surface area contributed by atoms with E-state index < -0.39 is 6.04 Å². The van der Waals surface area contributed by atoms with Crippen LogP contribution in [0.4, 0.5) is 0 Å². The second-order valence-corrected chi connectivity index (χ2v) is 13.6. The SMILES string of the molecule is CC(C)(CCCCCOCCc1ccccc1)C(NCc1ccccc1)C(=O)c1cc(OCc2ccccc2)cc(OCc2ccccc2)c1. The molecule has 5 nitrogen and oxygen atoms in total. The first-order valence-corrected chi connectivity index (χ1v) is 17.9. The topological polar surface area (TPSA) is 56.8 Å². The van der Waals surface area contributed by atoms with E-state index in [1.54, 1.807) is 0 Å². The van der Waals surface area contributed by atoms with Gasteiger partial charge in [-0.3, -0.25) is 4.79 Å². The summed E-state index contributed by atoms with van der Waals surface area (Å²) in [4.78, 5) is 14.6. The molecule has 1 N–H and O–H groups in total. The predicted octanol–water partition coefficient (Wildman–Crippen LogP) is 10.0. The van der Waals surface area contributed by atoms with Crippen LogP contribution in [0.3, 0.4) is 0 Å². The third-order valence-electron chi connectivity index (χ3n) is 9.05. The minimum atomic E-state index is -0.420. The fourth-order valence-corrected chi connectivity index (χ4v) is 6.11. The Morgan fingerprint density at radius 3 is 1.64 bits per heavy atom. The minimum Gasteiger partial charge on any atom is -0.489 e. The van der Waals surface area contributed by atoms with Gasteiger partial charge in [0.2, 0.25) is 0 Å². The van der Waals surface area contributed by atoms with E-state index in [0.29, 0.717) is 36.8 Å². The lowest BCUT2D eigenvalue weighted by Gasteiger charge is -2.34. The molecule has 260 valence electrons. The zero-order valence-electron chi connectivity index (χ0n) is 29.6. The van der Waals surface area contributed by atoms with Gasteiger partial charge in [-0.2, -0.15) is 0 Å². The molecule has 5 heteroatoms. The molecule has 0 heterocycles. The average Bonchev–Trinajstić information content (AvgIpc) is 3.15. The lowest BCUT2D eigenvalue weighted by Crippen LogP contribution is -2.47. The average molecular weight is 670 g/mol. The smallest absolute Gasteiger partial charge is 0.180 e. The molecule has 5 aromatic carbocycles. The van der Waals surface area contributed by atoms with Crippen LogP contribution in [0.5, 0.6) is 11.5 Å². The van der Waals surface area contributed by atoms with Crippen molar-refractivity contribution in [2.75, 3.05) is 13.2 Å². The Labute approximate surface area is 298 Å². The fraction of sp³-hybridized carbons (Fsp3) is 0.311. The number of carbonyl (C=O) groups is 1. The first-order chi connectivity index (χ1) is 24.5. The molecule has 1 unspecified atom stereocenters. The summed E-state index contributed by atoms with van der Waals surface area (Å²) in [6.07, 6.45) is 4.90. The Morgan fingerprint density at radius 2 is 1.10 bits per heavy atom. The molecule has 0 aliphatic carbocycles. The zero-order valence-corrected chi connectivity index (χ0v) is 29.6. The number of Topliss-reactive ketones (excluding diaryl/α,β-unsaturated/α-hetero) is 1. The molecule has 0 aliphatic rings. The highest BCUT2D eigenvalue weighted by atomic mass is 16.5. The number of hydrogen-bond donors (Lipinski definition) is 1. The second-order valence-electron chi connectivity index (χ2n) is 13.6. The van der Waals surface area contributed by atoms with E-state index in [4.69, 9.17) is 14.2 Å². The van der Waals surface area contributed by atoms with Gasteiger partial charge in [-0.05, 0) is 59.1 Å². The number of hydrogen-bond acceptors (Lipinski definition) is 5. The summed E-state index contributed by atoms with van der Waals surface area (Å²) < 4.78 is 18.4. The molecule has 0 spiro atoms. The highest BCUT2D eigenvalue weighted by Gasteiger charge is 2.35. The van der Waals surface area contributed by atoms with Crippen LogP contribution in [0.25, 0.3) is 0 Å². The van der Waals surface area contributed by atoms with Gasteiger partial charge in [-0.1, -0.05) is 148 Å². The van der Waals surface area contributed by atoms with E-state index in [0.717, 1.165) is 62.0 Å². The Hall–Kier alpha value is -4.71. The van der Waals surface area contributed by atoms with Crippen molar-refractivity contribution in [3.05, 3.63) is 167 Å². The lowest BCUT2D eigenvalue weighted by atomic mass is 9.76.